The summed E-state index contributed by atoms with van der Waals surface area (Å²) in [7, 11) is 1.75. The molecule has 0 atom stereocenters. The smallest absolute Gasteiger partial charge is 0.272 e. The molecule has 78 valence electrons. The molecule has 0 aliphatic carbocycles. The van der Waals surface area contributed by atoms with Crippen molar-refractivity contribution in [3.8, 4) is 0 Å². The van der Waals surface area contributed by atoms with Gasteiger partial charge in [-0.1, -0.05) is 11.6 Å². The predicted molar refractivity (Wildman–Crippen MR) is 58.4 cm³/mol. The molecule has 0 N–H and O–H groups in total. The number of pyridine rings is 1. The molecule has 2 heterocycles. The second-order valence-corrected chi connectivity index (χ2v) is 3.92. The molecule has 2 aromatic rings. The third kappa shape index (κ3) is 1.60. The highest BCUT2D eigenvalue weighted by Gasteiger charge is 2.14. The number of rotatable bonds is 1. The van der Waals surface area contributed by atoms with Gasteiger partial charge in [-0.2, -0.15) is 5.10 Å². The minimum absolute atomic E-state index is 0.0637. The molecule has 0 unspecified atom stereocenters. The summed E-state index contributed by atoms with van der Waals surface area (Å²) in [6.07, 6.45) is 0. The number of carbonyl (C=O) groups is 1. The second-order valence-electron chi connectivity index (χ2n) is 3.17. The molecule has 0 radical (unpaired) electrons. The summed E-state index contributed by atoms with van der Waals surface area (Å²) in [5.41, 5.74) is 1.48. The Labute approximate surface area is 95.8 Å². The molecular weight excluding hydrogens is 237 g/mol. The first-order valence-corrected chi connectivity index (χ1v) is 4.96. The van der Waals surface area contributed by atoms with Gasteiger partial charge < -0.3 is 0 Å². The van der Waals surface area contributed by atoms with Crippen molar-refractivity contribution in [2.45, 2.75) is 6.92 Å². The lowest BCUT2D eigenvalue weighted by Crippen LogP contribution is -1.99. The number of halogens is 2. The van der Waals surface area contributed by atoms with Crippen LogP contribution in [0.5, 0.6) is 0 Å². The Morgan fingerprint density at radius 1 is 1.53 bits per heavy atom. The highest BCUT2D eigenvalue weighted by molar-refractivity contribution is 6.68. The van der Waals surface area contributed by atoms with E-state index in [1.54, 1.807) is 17.8 Å². The third-order valence-corrected chi connectivity index (χ3v) is 2.61. The molecule has 0 saturated heterocycles. The second kappa shape index (κ2) is 3.47. The molecule has 6 heteroatoms. The van der Waals surface area contributed by atoms with E-state index in [1.165, 1.54) is 0 Å². The molecule has 0 bridgehead atoms. The average Bonchev–Trinajstić information content (AvgIpc) is 2.41. The highest BCUT2D eigenvalue weighted by atomic mass is 35.5. The normalized spacial score (nSPS) is 10.9. The third-order valence-electron chi connectivity index (χ3n) is 2.14. The van der Waals surface area contributed by atoms with E-state index in [-0.39, 0.29) is 10.7 Å². The fourth-order valence-electron chi connectivity index (χ4n) is 1.46. The number of hydrogen-bond donors (Lipinski definition) is 0. The number of hydrogen-bond acceptors (Lipinski definition) is 3. The van der Waals surface area contributed by atoms with E-state index >= 15 is 0 Å². The number of carbonyl (C=O) groups excluding carboxylic acids is 1. The van der Waals surface area contributed by atoms with Gasteiger partial charge in [-0.05, 0) is 24.6 Å². The Hall–Kier alpha value is -1.13. The molecular formula is C9H7Cl2N3O. The number of nitrogens with zero attached hydrogens (tertiary/aromatic N) is 3. The van der Waals surface area contributed by atoms with Gasteiger partial charge >= 0.3 is 0 Å². The lowest BCUT2D eigenvalue weighted by atomic mass is 10.2. The van der Waals surface area contributed by atoms with Crippen LogP contribution >= 0.6 is 23.2 Å². The largest absolute Gasteiger partial charge is 0.274 e. The van der Waals surface area contributed by atoms with Gasteiger partial charge in [0.25, 0.3) is 5.24 Å². The summed E-state index contributed by atoms with van der Waals surface area (Å²) in [5, 5.41) is 4.58. The van der Waals surface area contributed by atoms with Gasteiger partial charge in [-0.15, -0.1) is 0 Å². The Bertz CT molecular complexity index is 562. The summed E-state index contributed by atoms with van der Waals surface area (Å²) in [4.78, 5) is 15.1. The fraction of sp³-hybridized carbons (Fsp3) is 0.222. The van der Waals surface area contributed by atoms with Crippen molar-refractivity contribution in [2.24, 2.45) is 7.05 Å². The van der Waals surface area contributed by atoms with Gasteiger partial charge in [0, 0.05) is 12.4 Å². The Balaban J connectivity index is 2.85. The van der Waals surface area contributed by atoms with E-state index in [0.717, 1.165) is 11.1 Å². The van der Waals surface area contributed by atoms with Crippen molar-refractivity contribution >= 4 is 39.5 Å². The van der Waals surface area contributed by atoms with Gasteiger partial charge in [0.2, 0.25) is 0 Å². The topological polar surface area (TPSA) is 47.8 Å². The maximum Gasteiger partial charge on any atom is 0.272 e. The van der Waals surface area contributed by atoms with Crippen LogP contribution in [0.1, 0.15) is 16.2 Å². The Morgan fingerprint density at radius 3 is 2.80 bits per heavy atom. The van der Waals surface area contributed by atoms with Crippen molar-refractivity contribution < 1.29 is 4.79 Å². The minimum Gasteiger partial charge on any atom is -0.274 e. The zero-order valence-corrected chi connectivity index (χ0v) is 9.60. The molecule has 0 aliphatic heterocycles. The van der Waals surface area contributed by atoms with Gasteiger partial charge in [0.05, 0.1) is 10.7 Å². The van der Waals surface area contributed by atoms with Crippen molar-refractivity contribution in [1.82, 2.24) is 14.8 Å². The monoisotopic (exact) mass is 243 g/mol. The number of fused-ring (bicyclic) bond motifs is 1. The summed E-state index contributed by atoms with van der Waals surface area (Å²) in [6, 6.07) is 1.65. The van der Waals surface area contributed by atoms with Gasteiger partial charge in [0.1, 0.15) is 5.69 Å². The summed E-state index contributed by atoms with van der Waals surface area (Å²) in [6.45, 7) is 1.85. The molecule has 0 aromatic carbocycles. The maximum absolute atomic E-state index is 11.0. The van der Waals surface area contributed by atoms with Gasteiger partial charge in [-0.3, -0.25) is 9.48 Å². The molecule has 2 aromatic heterocycles. The van der Waals surface area contributed by atoms with E-state index in [1.807, 2.05) is 6.92 Å². The fourth-order valence-corrected chi connectivity index (χ4v) is 1.89. The maximum atomic E-state index is 11.0. The molecule has 0 spiro atoms. The molecule has 0 fully saturated rings. The van der Waals surface area contributed by atoms with E-state index in [0.29, 0.717) is 5.65 Å². The predicted octanol–water partition coefficient (Wildman–Crippen LogP) is 2.31. The molecule has 15 heavy (non-hydrogen) atoms. The molecule has 0 saturated carbocycles. The van der Waals surface area contributed by atoms with Crippen LogP contribution in [-0.4, -0.2) is 20.0 Å². The molecule has 0 aliphatic rings. The number of aromatic nitrogens is 3. The first-order chi connectivity index (χ1) is 7.00. The van der Waals surface area contributed by atoms with E-state index in [4.69, 9.17) is 23.2 Å². The average molecular weight is 244 g/mol. The van der Waals surface area contributed by atoms with Gasteiger partial charge in [-0.25, -0.2) is 4.98 Å². The van der Waals surface area contributed by atoms with Crippen molar-refractivity contribution in [1.29, 1.82) is 0 Å². The standard InChI is InChI=1S/C9H7Cl2N3O/c1-4-5-3-6(10)7(8(11)15)12-9(5)14(2)13-4/h3H,1-2H3. The lowest BCUT2D eigenvalue weighted by Gasteiger charge is -1.99. The van der Waals surface area contributed by atoms with Crippen molar-refractivity contribution in [3.63, 3.8) is 0 Å². The zero-order valence-electron chi connectivity index (χ0n) is 8.08. The van der Waals surface area contributed by atoms with Crippen LogP contribution in [0.15, 0.2) is 6.07 Å². The zero-order chi connectivity index (χ0) is 11.2. The van der Waals surface area contributed by atoms with Crippen molar-refractivity contribution in [3.05, 3.63) is 22.5 Å². The molecule has 2 rings (SSSR count). The summed E-state index contributed by atoms with van der Waals surface area (Å²) >= 11 is 11.2. The first-order valence-electron chi connectivity index (χ1n) is 4.20. The Morgan fingerprint density at radius 2 is 2.20 bits per heavy atom. The van der Waals surface area contributed by atoms with E-state index in [9.17, 15) is 4.79 Å². The number of aryl methyl sites for hydroxylation is 2. The lowest BCUT2D eigenvalue weighted by molar-refractivity contribution is 0.107. The summed E-state index contributed by atoms with van der Waals surface area (Å²) in [5.74, 6) is 0. The van der Waals surface area contributed by atoms with Crippen LogP contribution in [0.4, 0.5) is 0 Å². The van der Waals surface area contributed by atoms with E-state index < -0.39 is 5.24 Å². The Kier molecular flexibility index (Phi) is 2.40. The van der Waals surface area contributed by atoms with Crippen LogP contribution in [-0.2, 0) is 7.05 Å². The van der Waals surface area contributed by atoms with Crippen molar-refractivity contribution in [2.75, 3.05) is 0 Å². The highest BCUT2D eigenvalue weighted by Crippen LogP contribution is 2.23. The molecule has 4 nitrogen and oxygen atoms in total. The van der Waals surface area contributed by atoms with E-state index in [2.05, 4.69) is 10.1 Å². The van der Waals surface area contributed by atoms with Crippen LogP contribution in [0.25, 0.3) is 11.0 Å². The van der Waals surface area contributed by atoms with Crippen LogP contribution < -0.4 is 0 Å². The van der Waals surface area contributed by atoms with Crippen LogP contribution in [0.2, 0.25) is 5.02 Å². The van der Waals surface area contributed by atoms with Crippen LogP contribution in [0.3, 0.4) is 0 Å². The quantitative estimate of drug-likeness (QED) is 0.723. The van der Waals surface area contributed by atoms with Gasteiger partial charge in [0.15, 0.2) is 5.65 Å². The SMILES string of the molecule is Cc1nn(C)c2nc(C(=O)Cl)c(Cl)cc12. The molecule has 0 amide bonds. The minimum atomic E-state index is -0.666. The van der Waals surface area contributed by atoms with Crippen LogP contribution in [0, 0.1) is 6.92 Å². The summed E-state index contributed by atoms with van der Waals surface area (Å²) < 4.78 is 1.59. The first kappa shape index (κ1) is 10.4.